The molecule has 1 amide bonds. The summed E-state index contributed by atoms with van der Waals surface area (Å²) in [5.41, 5.74) is -2.52. The van der Waals surface area contributed by atoms with E-state index in [4.69, 9.17) is 0 Å². The van der Waals surface area contributed by atoms with E-state index in [1.807, 2.05) is 0 Å². The number of anilines is 2. The molecule has 28 heavy (non-hydrogen) atoms. The van der Waals surface area contributed by atoms with Crippen molar-refractivity contribution in [2.45, 2.75) is 16.1 Å². The van der Waals surface area contributed by atoms with Crippen LogP contribution in [0, 0.1) is 11.6 Å². The molecule has 146 valence electrons. The van der Waals surface area contributed by atoms with Gasteiger partial charge in [-0.1, -0.05) is 30.0 Å². The van der Waals surface area contributed by atoms with Crippen molar-refractivity contribution in [1.82, 2.24) is 9.78 Å². The first kappa shape index (κ1) is 19.9. The molecule has 0 saturated carbocycles. The van der Waals surface area contributed by atoms with Gasteiger partial charge in [0.15, 0.2) is 5.69 Å². The standard InChI is InChI=1S/C18H12F5N3OS/c1-25-17(28-12-5-3-2-4-6-12)15(16(24-25)18(21,22)23)26(10-27)14-8-7-11(19)9-13(14)20/h2-10H,1H3. The molecule has 3 aromatic rings. The predicted molar refractivity (Wildman–Crippen MR) is 93.3 cm³/mol. The smallest absolute Gasteiger partial charge is 0.278 e. The fourth-order valence-electron chi connectivity index (χ4n) is 2.53. The first-order valence-corrected chi connectivity index (χ1v) is 8.60. The lowest BCUT2D eigenvalue weighted by atomic mass is 10.2. The molecule has 1 aromatic heterocycles. The minimum Gasteiger partial charge on any atom is -0.278 e. The number of aromatic nitrogens is 2. The Bertz CT molecular complexity index is 1000. The molecule has 0 unspecified atom stereocenters. The zero-order valence-corrected chi connectivity index (χ0v) is 15.1. The number of carbonyl (C=O) groups is 1. The summed E-state index contributed by atoms with van der Waals surface area (Å²) in [6.07, 6.45) is -4.86. The Balaban J connectivity index is 2.22. The molecule has 0 aliphatic heterocycles. The second-order valence-corrected chi connectivity index (χ2v) is 6.67. The first-order chi connectivity index (χ1) is 13.2. The summed E-state index contributed by atoms with van der Waals surface area (Å²) in [5, 5.41) is 3.46. The molecule has 10 heteroatoms. The molecule has 3 rings (SSSR count). The van der Waals surface area contributed by atoms with Gasteiger partial charge in [-0.25, -0.2) is 8.78 Å². The van der Waals surface area contributed by atoms with E-state index in [2.05, 4.69) is 5.10 Å². The largest absolute Gasteiger partial charge is 0.437 e. The van der Waals surface area contributed by atoms with E-state index in [1.165, 1.54) is 7.05 Å². The number of hydrogen-bond acceptors (Lipinski definition) is 3. The molecule has 0 bridgehead atoms. The number of nitrogens with zero attached hydrogens (tertiary/aromatic N) is 3. The minimum atomic E-state index is -4.90. The molecular formula is C18H12F5N3OS. The predicted octanol–water partition coefficient (Wildman–Crippen LogP) is 5.16. The van der Waals surface area contributed by atoms with Crippen molar-refractivity contribution in [3.8, 4) is 0 Å². The molecule has 0 N–H and O–H groups in total. The van der Waals surface area contributed by atoms with Gasteiger partial charge in [-0.3, -0.25) is 14.4 Å². The maximum absolute atomic E-state index is 14.2. The Kier molecular flexibility index (Phi) is 5.41. The molecule has 0 saturated heterocycles. The number of benzene rings is 2. The van der Waals surface area contributed by atoms with Gasteiger partial charge in [-0.2, -0.15) is 18.3 Å². The lowest BCUT2D eigenvalue weighted by Gasteiger charge is -2.20. The molecule has 0 radical (unpaired) electrons. The molecule has 0 aliphatic rings. The third-order valence-corrected chi connectivity index (χ3v) is 4.87. The van der Waals surface area contributed by atoms with Gasteiger partial charge >= 0.3 is 6.18 Å². The van der Waals surface area contributed by atoms with E-state index >= 15 is 0 Å². The van der Waals surface area contributed by atoms with E-state index < -0.39 is 34.9 Å². The number of rotatable bonds is 5. The Labute approximate surface area is 160 Å². The maximum atomic E-state index is 14.2. The van der Waals surface area contributed by atoms with Crippen molar-refractivity contribution in [3.63, 3.8) is 0 Å². The van der Waals surface area contributed by atoms with Gasteiger partial charge < -0.3 is 0 Å². The van der Waals surface area contributed by atoms with Gasteiger partial charge in [-0.15, -0.1) is 0 Å². The van der Waals surface area contributed by atoms with E-state index in [-0.39, 0.29) is 11.4 Å². The Morgan fingerprint density at radius 3 is 2.36 bits per heavy atom. The molecule has 4 nitrogen and oxygen atoms in total. The highest BCUT2D eigenvalue weighted by molar-refractivity contribution is 7.99. The van der Waals surface area contributed by atoms with Gasteiger partial charge in [0.1, 0.15) is 22.3 Å². The monoisotopic (exact) mass is 413 g/mol. The normalized spacial score (nSPS) is 11.5. The van der Waals surface area contributed by atoms with Crippen LogP contribution in [0.4, 0.5) is 33.3 Å². The van der Waals surface area contributed by atoms with Crippen LogP contribution in [0.15, 0.2) is 58.5 Å². The topological polar surface area (TPSA) is 38.1 Å². The number of carbonyl (C=O) groups excluding carboxylic acids is 1. The van der Waals surface area contributed by atoms with Crippen LogP contribution in [0.25, 0.3) is 0 Å². The van der Waals surface area contributed by atoms with Crippen molar-refractivity contribution >= 4 is 29.5 Å². The summed E-state index contributed by atoms with van der Waals surface area (Å²) < 4.78 is 69.1. The molecule has 2 aromatic carbocycles. The van der Waals surface area contributed by atoms with Crippen LogP contribution in [0.1, 0.15) is 5.69 Å². The van der Waals surface area contributed by atoms with Crippen LogP contribution in [0.5, 0.6) is 0 Å². The summed E-state index contributed by atoms with van der Waals surface area (Å²) in [6.45, 7) is 0. The lowest BCUT2D eigenvalue weighted by Crippen LogP contribution is -2.20. The maximum Gasteiger partial charge on any atom is 0.437 e. The average molecular weight is 413 g/mol. The third-order valence-electron chi connectivity index (χ3n) is 3.71. The van der Waals surface area contributed by atoms with Crippen LogP contribution in [0.2, 0.25) is 0 Å². The van der Waals surface area contributed by atoms with Gasteiger partial charge in [0.05, 0.1) is 5.69 Å². The second-order valence-electron chi connectivity index (χ2n) is 5.61. The van der Waals surface area contributed by atoms with Crippen molar-refractivity contribution < 1.29 is 26.7 Å². The van der Waals surface area contributed by atoms with Crippen LogP contribution in [-0.4, -0.2) is 16.2 Å². The zero-order chi connectivity index (χ0) is 20.5. The molecule has 0 aliphatic carbocycles. The SMILES string of the molecule is Cn1nc(C(F)(F)F)c(N(C=O)c2ccc(F)cc2F)c1Sc1ccccc1. The molecule has 0 fully saturated rings. The van der Waals surface area contributed by atoms with Gasteiger partial charge in [-0.05, 0) is 24.3 Å². The molecule has 0 spiro atoms. The fraction of sp³-hybridized carbons (Fsp3) is 0.111. The number of aryl methyl sites for hydroxylation is 1. The summed E-state index contributed by atoms with van der Waals surface area (Å²) in [4.78, 5) is 12.8. The summed E-state index contributed by atoms with van der Waals surface area (Å²) in [6, 6.07) is 10.7. The second kappa shape index (κ2) is 7.63. The summed E-state index contributed by atoms with van der Waals surface area (Å²) in [5.74, 6) is -2.10. The van der Waals surface area contributed by atoms with Crippen molar-refractivity contribution in [3.05, 3.63) is 65.9 Å². The summed E-state index contributed by atoms with van der Waals surface area (Å²) >= 11 is 0.929. The van der Waals surface area contributed by atoms with Crippen LogP contribution < -0.4 is 4.90 Å². The van der Waals surface area contributed by atoms with E-state index in [9.17, 15) is 26.7 Å². The van der Waals surface area contributed by atoms with Crippen LogP contribution in [-0.2, 0) is 18.0 Å². The number of amides is 1. The van der Waals surface area contributed by atoms with E-state index in [0.717, 1.165) is 28.6 Å². The van der Waals surface area contributed by atoms with Crippen molar-refractivity contribution in [1.29, 1.82) is 0 Å². The fourth-order valence-corrected chi connectivity index (χ4v) is 3.51. The van der Waals surface area contributed by atoms with Crippen LogP contribution >= 0.6 is 11.8 Å². The Morgan fingerprint density at radius 2 is 1.79 bits per heavy atom. The average Bonchev–Trinajstić information content (AvgIpc) is 2.95. The number of hydrogen-bond donors (Lipinski definition) is 0. The van der Waals surface area contributed by atoms with Gasteiger partial charge in [0, 0.05) is 18.0 Å². The third kappa shape index (κ3) is 3.86. The molecule has 0 atom stereocenters. The van der Waals surface area contributed by atoms with E-state index in [1.54, 1.807) is 30.3 Å². The van der Waals surface area contributed by atoms with Crippen molar-refractivity contribution in [2.75, 3.05) is 4.90 Å². The number of halogens is 5. The van der Waals surface area contributed by atoms with Crippen molar-refractivity contribution in [2.24, 2.45) is 7.05 Å². The highest BCUT2D eigenvalue weighted by atomic mass is 32.2. The lowest BCUT2D eigenvalue weighted by molar-refractivity contribution is -0.140. The Morgan fingerprint density at radius 1 is 1.11 bits per heavy atom. The van der Waals surface area contributed by atoms with Gasteiger partial charge in [0.2, 0.25) is 6.41 Å². The number of alkyl halides is 3. The van der Waals surface area contributed by atoms with E-state index in [0.29, 0.717) is 15.9 Å². The highest BCUT2D eigenvalue weighted by Crippen LogP contribution is 2.45. The summed E-state index contributed by atoms with van der Waals surface area (Å²) in [7, 11) is 1.29. The van der Waals surface area contributed by atoms with Crippen LogP contribution in [0.3, 0.4) is 0 Å². The first-order valence-electron chi connectivity index (χ1n) is 7.79. The minimum absolute atomic E-state index is 0.0330. The molecular weight excluding hydrogens is 401 g/mol. The molecule has 1 heterocycles. The zero-order valence-electron chi connectivity index (χ0n) is 14.2. The Hall–Kier alpha value is -2.88. The highest BCUT2D eigenvalue weighted by Gasteiger charge is 2.41. The quantitative estimate of drug-likeness (QED) is 0.428. The van der Waals surface area contributed by atoms with Gasteiger partial charge in [0.25, 0.3) is 0 Å².